The standard InChI is InChI=1S/C19H21NO2/c1-4-20-12-15(19-14(2)6-5-7-18(19)20)13-22-17-10-8-16(21-3)9-11-17/h5-12H,4,13H2,1-3H3. The Morgan fingerprint density at radius 3 is 2.41 bits per heavy atom. The molecular weight excluding hydrogens is 274 g/mol. The Bertz CT molecular complexity index is 772. The lowest BCUT2D eigenvalue weighted by molar-refractivity contribution is 0.306. The Hall–Kier alpha value is -2.42. The minimum atomic E-state index is 0.570. The molecule has 2 aromatic carbocycles. The molecule has 0 radical (unpaired) electrons. The highest BCUT2D eigenvalue weighted by atomic mass is 16.5. The van der Waals surface area contributed by atoms with Crippen LogP contribution in [0.3, 0.4) is 0 Å². The second-order valence-corrected chi connectivity index (χ2v) is 5.37. The van der Waals surface area contributed by atoms with E-state index in [1.165, 1.54) is 22.0 Å². The number of hydrogen-bond acceptors (Lipinski definition) is 2. The molecule has 0 saturated carbocycles. The molecular formula is C19H21NO2. The van der Waals surface area contributed by atoms with Gasteiger partial charge in [0.25, 0.3) is 0 Å². The summed E-state index contributed by atoms with van der Waals surface area (Å²) in [6.45, 7) is 5.85. The molecule has 0 atom stereocenters. The summed E-state index contributed by atoms with van der Waals surface area (Å²) in [5.41, 5.74) is 3.79. The molecule has 3 aromatic rings. The average molecular weight is 295 g/mol. The molecule has 0 spiro atoms. The van der Waals surface area contributed by atoms with Crippen LogP contribution in [-0.4, -0.2) is 11.7 Å². The lowest BCUT2D eigenvalue weighted by Crippen LogP contribution is -1.95. The molecule has 114 valence electrons. The van der Waals surface area contributed by atoms with Crippen molar-refractivity contribution in [3.63, 3.8) is 0 Å². The molecule has 3 rings (SSSR count). The third-order valence-electron chi connectivity index (χ3n) is 3.99. The van der Waals surface area contributed by atoms with Gasteiger partial charge in [0.05, 0.1) is 7.11 Å². The number of benzene rings is 2. The number of nitrogens with zero attached hydrogens (tertiary/aromatic N) is 1. The van der Waals surface area contributed by atoms with Crippen LogP contribution in [0.25, 0.3) is 10.9 Å². The Morgan fingerprint density at radius 1 is 1.00 bits per heavy atom. The largest absolute Gasteiger partial charge is 0.497 e. The van der Waals surface area contributed by atoms with E-state index in [2.05, 4.69) is 42.8 Å². The van der Waals surface area contributed by atoms with Crippen LogP contribution in [0.4, 0.5) is 0 Å². The van der Waals surface area contributed by atoms with Gasteiger partial charge in [-0.05, 0) is 49.7 Å². The summed E-state index contributed by atoms with van der Waals surface area (Å²) in [4.78, 5) is 0. The van der Waals surface area contributed by atoms with Crippen molar-refractivity contribution in [3.8, 4) is 11.5 Å². The van der Waals surface area contributed by atoms with Crippen molar-refractivity contribution in [2.24, 2.45) is 0 Å². The molecule has 0 unspecified atom stereocenters. The van der Waals surface area contributed by atoms with Gasteiger partial charge in [0, 0.05) is 29.2 Å². The molecule has 0 aliphatic carbocycles. The molecule has 0 aliphatic heterocycles. The highest BCUT2D eigenvalue weighted by Gasteiger charge is 2.10. The normalized spacial score (nSPS) is 10.9. The van der Waals surface area contributed by atoms with Crippen molar-refractivity contribution in [1.29, 1.82) is 0 Å². The summed E-state index contributed by atoms with van der Waals surface area (Å²) in [6.07, 6.45) is 2.20. The van der Waals surface area contributed by atoms with Gasteiger partial charge in [-0.1, -0.05) is 12.1 Å². The average Bonchev–Trinajstić information content (AvgIpc) is 2.93. The van der Waals surface area contributed by atoms with E-state index < -0.39 is 0 Å². The van der Waals surface area contributed by atoms with Crippen LogP contribution in [0, 0.1) is 6.92 Å². The quantitative estimate of drug-likeness (QED) is 0.689. The predicted molar refractivity (Wildman–Crippen MR) is 89.7 cm³/mol. The van der Waals surface area contributed by atoms with Gasteiger partial charge in [0.2, 0.25) is 0 Å². The van der Waals surface area contributed by atoms with E-state index in [-0.39, 0.29) is 0 Å². The van der Waals surface area contributed by atoms with E-state index in [4.69, 9.17) is 9.47 Å². The minimum absolute atomic E-state index is 0.570. The highest BCUT2D eigenvalue weighted by molar-refractivity contribution is 5.87. The number of fused-ring (bicyclic) bond motifs is 1. The predicted octanol–water partition coefficient (Wildman–Crippen LogP) is 4.56. The molecule has 0 saturated heterocycles. The zero-order valence-electron chi connectivity index (χ0n) is 13.3. The molecule has 3 heteroatoms. The van der Waals surface area contributed by atoms with E-state index in [1.54, 1.807) is 7.11 Å². The molecule has 0 N–H and O–H groups in total. The van der Waals surface area contributed by atoms with Crippen LogP contribution in [0.1, 0.15) is 18.1 Å². The number of hydrogen-bond donors (Lipinski definition) is 0. The van der Waals surface area contributed by atoms with Crippen molar-refractivity contribution in [1.82, 2.24) is 4.57 Å². The summed E-state index contributed by atoms with van der Waals surface area (Å²) >= 11 is 0. The second kappa shape index (κ2) is 6.14. The van der Waals surface area contributed by atoms with Crippen LogP contribution < -0.4 is 9.47 Å². The van der Waals surface area contributed by atoms with Gasteiger partial charge in [0.15, 0.2) is 0 Å². The number of aryl methyl sites for hydroxylation is 2. The first-order valence-electron chi connectivity index (χ1n) is 7.57. The Labute approximate surface area is 131 Å². The van der Waals surface area contributed by atoms with E-state index in [9.17, 15) is 0 Å². The minimum Gasteiger partial charge on any atom is -0.497 e. The summed E-state index contributed by atoms with van der Waals surface area (Å²) < 4.78 is 13.4. The molecule has 22 heavy (non-hydrogen) atoms. The van der Waals surface area contributed by atoms with Gasteiger partial charge in [-0.15, -0.1) is 0 Å². The molecule has 1 aromatic heterocycles. The van der Waals surface area contributed by atoms with Crippen LogP contribution in [0.2, 0.25) is 0 Å². The molecule has 1 heterocycles. The fourth-order valence-corrected chi connectivity index (χ4v) is 2.84. The van der Waals surface area contributed by atoms with Crippen LogP contribution >= 0.6 is 0 Å². The molecule has 0 aliphatic rings. The van der Waals surface area contributed by atoms with Crippen LogP contribution in [-0.2, 0) is 13.2 Å². The molecule has 3 nitrogen and oxygen atoms in total. The number of aromatic nitrogens is 1. The van der Waals surface area contributed by atoms with Crippen LogP contribution in [0.5, 0.6) is 11.5 Å². The summed E-state index contributed by atoms with van der Waals surface area (Å²) in [6, 6.07) is 14.1. The maximum atomic E-state index is 5.94. The highest BCUT2D eigenvalue weighted by Crippen LogP contribution is 2.26. The smallest absolute Gasteiger partial charge is 0.120 e. The fraction of sp³-hybridized carbons (Fsp3) is 0.263. The SMILES string of the molecule is CCn1cc(COc2ccc(OC)cc2)c2c(C)cccc21. The zero-order chi connectivity index (χ0) is 15.5. The fourth-order valence-electron chi connectivity index (χ4n) is 2.84. The van der Waals surface area contributed by atoms with Gasteiger partial charge in [0.1, 0.15) is 18.1 Å². The monoisotopic (exact) mass is 295 g/mol. The number of methoxy groups -OCH3 is 1. The van der Waals surface area contributed by atoms with Gasteiger partial charge >= 0.3 is 0 Å². The van der Waals surface area contributed by atoms with Crippen molar-refractivity contribution in [3.05, 3.63) is 59.8 Å². The van der Waals surface area contributed by atoms with Gasteiger partial charge in [-0.25, -0.2) is 0 Å². The summed E-state index contributed by atoms with van der Waals surface area (Å²) in [5, 5.41) is 1.30. The first-order chi connectivity index (χ1) is 10.7. The Balaban J connectivity index is 1.87. The van der Waals surface area contributed by atoms with Crippen molar-refractivity contribution in [2.45, 2.75) is 27.0 Å². The third kappa shape index (κ3) is 2.67. The topological polar surface area (TPSA) is 23.4 Å². The van der Waals surface area contributed by atoms with Gasteiger partial charge in [-0.3, -0.25) is 0 Å². The summed E-state index contributed by atoms with van der Waals surface area (Å²) in [5.74, 6) is 1.69. The molecule has 0 amide bonds. The Kier molecular flexibility index (Phi) is 4.05. The number of ether oxygens (including phenoxy) is 2. The van der Waals surface area contributed by atoms with E-state index in [0.717, 1.165) is 18.0 Å². The first-order valence-corrected chi connectivity index (χ1v) is 7.57. The van der Waals surface area contributed by atoms with Crippen molar-refractivity contribution < 1.29 is 9.47 Å². The lowest BCUT2D eigenvalue weighted by atomic mass is 10.1. The molecule has 0 fully saturated rings. The maximum Gasteiger partial charge on any atom is 0.120 e. The van der Waals surface area contributed by atoms with E-state index >= 15 is 0 Å². The Morgan fingerprint density at radius 2 is 1.73 bits per heavy atom. The number of rotatable bonds is 5. The maximum absolute atomic E-state index is 5.94. The van der Waals surface area contributed by atoms with E-state index in [0.29, 0.717) is 6.61 Å². The first kappa shape index (κ1) is 14.5. The van der Waals surface area contributed by atoms with Gasteiger partial charge < -0.3 is 14.0 Å². The van der Waals surface area contributed by atoms with Crippen molar-refractivity contribution >= 4 is 10.9 Å². The van der Waals surface area contributed by atoms with Gasteiger partial charge in [-0.2, -0.15) is 0 Å². The van der Waals surface area contributed by atoms with E-state index in [1.807, 2.05) is 24.3 Å². The van der Waals surface area contributed by atoms with Crippen LogP contribution in [0.15, 0.2) is 48.7 Å². The molecule has 0 bridgehead atoms. The second-order valence-electron chi connectivity index (χ2n) is 5.37. The lowest BCUT2D eigenvalue weighted by Gasteiger charge is -2.07. The zero-order valence-corrected chi connectivity index (χ0v) is 13.3. The third-order valence-corrected chi connectivity index (χ3v) is 3.99. The summed E-state index contributed by atoms with van der Waals surface area (Å²) in [7, 11) is 1.66. The van der Waals surface area contributed by atoms with Crippen molar-refractivity contribution in [2.75, 3.05) is 7.11 Å².